The van der Waals surface area contributed by atoms with Crippen molar-refractivity contribution in [2.24, 2.45) is 0 Å². The smallest absolute Gasteiger partial charge is 0.416 e. The number of phenols is 1. The molecule has 3 rings (SSSR count). The number of halogens is 4. The van der Waals surface area contributed by atoms with Crippen molar-refractivity contribution in [2.45, 2.75) is 13.1 Å². The van der Waals surface area contributed by atoms with E-state index in [1.807, 2.05) is 0 Å². The fourth-order valence-corrected chi connectivity index (χ4v) is 3.49. The zero-order valence-electron chi connectivity index (χ0n) is 18.3. The number of hydrogen-bond acceptors (Lipinski definition) is 3. The molecule has 3 aromatic carbocycles. The first-order chi connectivity index (χ1) is 16.1. The summed E-state index contributed by atoms with van der Waals surface area (Å²) in [6, 6.07) is 14.4. The number of amides is 3. The van der Waals surface area contributed by atoms with Crippen LogP contribution in [0.3, 0.4) is 0 Å². The van der Waals surface area contributed by atoms with Crippen molar-refractivity contribution in [1.82, 2.24) is 0 Å². The Morgan fingerprint density at radius 3 is 2.24 bits per heavy atom. The van der Waals surface area contributed by atoms with Gasteiger partial charge in [-0.25, -0.2) is 4.79 Å². The number of carbonyl (C=O) groups excluding carboxylic acids is 2. The molecule has 3 amide bonds. The molecule has 0 spiro atoms. The van der Waals surface area contributed by atoms with Crippen LogP contribution in [-0.4, -0.2) is 31.1 Å². The molecular formula is C24H21ClF3N3O3. The average Bonchev–Trinajstić information content (AvgIpc) is 2.82. The van der Waals surface area contributed by atoms with E-state index in [-0.39, 0.29) is 34.4 Å². The van der Waals surface area contributed by atoms with Gasteiger partial charge in [0.2, 0.25) is 6.41 Å². The zero-order chi connectivity index (χ0) is 25.0. The monoisotopic (exact) mass is 491 g/mol. The molecule has 0 fully saturated rings. The van der Waals surface area contributed by atoms with Crippen molar-refractivity contribution in [3.05, 3.63) is 77.3 Å². The van der Waals surface area contributed by atoms with Crippen LogP contribution in [0.4, 0.5) is 40.7 Å². The molecule has 0 unspecified atom stereocenters. The Kier molecular flexibility index (Phi) is 7.36. The third kappa shape index (κ3) is 5.09. The predicted molar refractivity (Wildman–Crippen MR) is 126 cm³/mol. The summed E-state index contributed by atoms with van der Waals surface area (Å²) in [7, 11) is 1.42. The van der Waals surface area contributed by atoms with E-state index in [0.29, 0.717) is 12.1 Å². The van der Waals surface area contributed by atoms with E-state index >= 15 is 0 Å². The minimum Gasteiger partial charge on any atom is -0.506 e. The van der Waals surface area contributed by atoms with Crippen LogP contribution in [0.15, 0.2) is 66.7 Å². The van der Waals surface area contributed by atoms with Crippen LogP contribution in [0.2, 0.25) is 5.02 Å². The minimum atomic E-state index is -4.67. The Bertz CT molecular complexity index is 1190. The van der Waals surface area contributed by atoms with E-state index in [1.165, 1.54) is 35.0 Å². The van der Waals surface area contributed by atoms with Gasteiger partial charge >= 0.3 is 12.2 Å². The van der Waals surface area contributed by atoms with Crippen LogP contribution < -0.4 is 14.7 Å². The van der Waals surface area contributed by atoms with E-state index in [1.54, 1.807) is 37.3 Å². The highest BCUT2D eigenvalue weighted by Crippen LogP contribution is 2.40. The van der Waals surface area contributed by atoms with Gasteiger partial charge in [0.25, 0.3) is 0 Å². The molecule has 0 aromatic heterocycles. The number of phenolic OH excluding ortho intramolecular Hbond substituents is 1. The highest BCUT2D eigenvalue weighted by atomic mass is 35.5. The maximum absolute atomic E-state index is 13.7. The summed E-state index contributed by atoms with van der Waals surface area (Å²) in [5, 5.41) is 9.70. The van der Waals surface area contributed by atoms with Crippen molar-refractivity contribution >= 4 is 46.8 Å². The molecule has 0 bridgehead atoms. The van der Waals surface area contributed by atoms with Gasteiger partial charge in [-0.15, -0.1) is 0 Å². The quantitative estimate of drug-likeness (QED) is 0.403. The number of hydrogen-bond donors (Lipinski definition) is 1. The third-order valence-corrected chi connectivity index (χ3v) is 5.43. The lowest BCUT2D eigenvalue weighted by atomic mass is 10.1. The number of benzene rings is 3. The van der Waals surface area contributed by atoms with E-state index in [0.717, 1.165) is 23.1 Å². The summed E-state index contributed by atoms with van der Waals surface area (Å²) < 4.78 is 40.8. The van der Waals surface area contributed by atoms with Gasteiger partial charge in [-0.3, -0.25) is 14.6 Å². The molecule has 0 saturated heterocycles. The molecule has 0 aliphatic rings. The summed E-state index contributed by atoms with van der Waals surface area (Å²) in [5.74, 6) is -0.184. The van der Waals surface area contributed by atoms with Gasteiger partial charge in [-0.05, 0) is 55.5 Å². The highest BCUT2D eigenvalue weighted by Gasteiger charge is 2.34. The third-order valence-electron chi connectivity index (χ3n) is 5.13. The summed E-state index contributed by atoms with van der Waals surface area (Å²) in [5.41, 5.74) is -0.398. The maximum atomic E-state index is 13.7. The summed E-state index contributed by atoms with van der Waals surface area (Å²) >= 11 is 5.98. The Hall–Kier alpha value is -3.72. The lowest BCUT2D eigenvalue weighted by Crippen LogP contribution is -2.39. The molecule has 10 heteroatoms. The Morgan fingerprint density at radius 2 is 1.68 bits per heavy atom. The van der Waals surface area contributed by atoms with Crippen molar-refractivity contribution in [2.75, 3.05) is 28.3 Å². The Labute approximate surface area is 199 Å². The van der Waals surface area contributed by atoms with Crippen molar-refractivity contribution < 1.29 is 27.9 Å². The molecule has 0 saturated carbocycles. The Morgan fingerprint density at radius 1 is 1.00 bits per heavy atom. The van der Waals surface area contributed by atoms with Crippen LogP contribution in [-0.2, 0) is 11.0 Å². The van der Waals surface area contributed by atoms with Gasteiger partial charge in [0.15, 0.2) is 0 Å². The van der Waals surface area contributed by atoms with E-state index in [2.05, 4.69) is 0 Å². The molecule has 1 N–H and O–H groups in total. The first-order valence-electron chi connectivity index (χ1n) is 10.1. The maximum Gasteiger partial charge on any atom is 0.416 e. The number of rotatable bonds is 6. The molecule has 0 aliphatic heterocycles. The minimum absolute atomic E-state index is 0.00119. The van der Waals surface area contributed by atoms with E-state index < -0.39 is 17.8 Å². The van der Waals surface area contributed by atoms with Gasteiger partial charge in [-0.2, -0.15) is 13.2 Å². The summed E-state index contributed by atoms with van der Waals surface area (Å²) in [6.07, 6.45) is -4.18. The standard InChI is InChI=1S/C24H21ClF3N3O3/c1-3-30(15-32)20-11-9-16(24(26,27)28)13-21(20)31(17-7-5-4-6-8-17)23(34)29(2)18-10-12-22(33)19(25)14-18/h4-15,33H,3H2,1-2H3. The van der Waals surface area contributed by atoms with Crippen molar-refractivity contribution in [3.8, 4) is 5.75 Å². The molecule has 0 radical (unpaired) electrons. The first kappa shape index (κ1) is 24.9. The second-order valence-corrected chi connectivity index (χ2v) is 7.65. The Balaban J connectivity index is 2.24. The van der Waals surface area contributed by atoms with Crippen LogP contribution >= 0.6 is 11.6 Å². The number of para-hydroxylation sites is 1. The molecule has 6 nitrogen and oxygen atoms in total. The van der Waals surface area contributed by atoms with Crippen molar-refractivity contribution in [1.29, 1.82) is 0 Å². The molecule has 178 valence electrons. The molecule has 0 atom stereocenters. The lowest BCUT2D eigenvalue weighted by Gasteiger charge is -2.32. The fraction of sp³-hybridized carbons (Fsp3) is 0.167. The largest absolute Gasteiger partial charge is 0.506 e. The second-order valence-electron chi connectivity index (χ2n) is 7.24. The number of anilines is 4. The SMILES string of the molecule is CCN(C=O)c1ccc(C(F)(F)F)cc1N(C(=O)N(C)c1ccc(O)c(Cl)c1)c1ccccc1. The normalized spacial score (nSPS) is 11.1. The van der Waals surface area contributed by atoms with Crippen LogP contribution in [0.25, 0.3) is 0 Å². The summed E-state index contributed by atoms with van der Waals surface area (Å²) in [6.45, 7) is 1.83. The summed E-state index contributed by atoms with van der Waals surface area (Å²) in [4.78, 5) is 28.9. The van der Waals surface area contributed by atoms with Gasteiger partial charge in [0, 0.05) is 19.3 Å². The van der Waals surface area contributed by atoms with Crippen LogP contribution in [0.1, 0.15) is 12.5 Å². The van der Waals surface area contributed by atoms with Crippen LogP contribution in [0.5, 0.6) is 5.75 Å². The number of alkyl halides is 3. The van der Waals surface area contributed by atoms with Gasteiger partial charge in [0.05, 0.1) is 27.6 Å². The van der Waals surface area contributed by atoms with Gasteiger partial charge < -0.3 is 10.0 Å². The number of nitrogens with zero attached hydrogens (tertiary/aromatic N) is 3. The molecule has 3 aromatic rings. The van der Waals surface area contributed by atoms with Gasteiger partial charge in [-0.1, -0.05) is 29.8 Å². The molecule has 0 aliphatic carbocycles. The fourth-order valence-electron chi connectivity index (χ4n) is 3.32. The van der Waals surface area contributed by atoms with E-state index in [4.69, 9.17) is 11.6 Å². The topological polar surface area (TPSA) is 64.1 Å². The zero-order valence-corrected chi connectivity index (χ0v) is 19.0. The molecule has 0 heterocycles. The molecule has 34 heavy (non-hydrogen) atoms. The van der Waals surface area contributed by atoms with Crippen LogP contribution in [0, 0.1) is 0 Å². The lowest BCUT2D eigenvalue weighted by molar-refractivity contribution is -0.137. The average molecular weight is 492 g/mol. The number of urea groups is 1. The molecular weight excluding hydrogens is 471 g/mol. The van der Waals surface area contributed by atoms with Crippen molar-refractivity contribution in [3.63, 3.8) is 0 Å². The predicted octanol–water partition coefficient (Wildman–Crippen LogP) is 6.44. The number of aromatic hydroxyl groups is 1. The number of carbonyl (C=O) groups is 2. The second kappa shape index (κ2) is 10.0. The highest BCUT2D eigenvalue weighted by molar-refractivity contribution is 6.32. The van der Waals surface area contributed by atoms with E-state index in [9.17, 15) is 27.9 Å². The van der Waals surface area contributed by atoms with Gasteiger partial charge in [0.1, 0.15) is 5.75 Å². The first-order valence-corrected chi connectivity index (χ1v) is 10.5.